The summed E-state index contributed by atoms with van der Waals surface area (Å²) in [7, 11) is 0. The van der Waals surface area contributed by atoms with E-state index in [0.29, 0.717) is 12.4 Å². The number of hydrogen-bond donors (Lipinski definition) is 2. The molecule has 0 aliphatic carbocycles. The average Bonchev–Trinajstić information content (AvgIpc) is 3.24. The fraction of sp³-hybridized carbons (Fsp3) is 0.111. The molecule has 0 aliphatic rings. The van der Waals surface area contributed by atoms with Gasteiger partial charge in [0, 0.05) is 39.2 Å². The largest absolute Gasteiger partial charge is 0.394 e. The highest BCUT2D eigenvalue weighted by atomic mass is 32.1. The topological polar surface area (TPSA) is 77.0 Å². The minimum atomic E-state index is 0.0632. The molecule has 0 saturated heterocycles. The van der Waals surface area contributed by atoms with E-state index in [2.05, 4.69) is 27.6 Å². The van der Waals surface area contributed by atoms with E-state index in [0.717, 1.165) is 32.3 Å². The first-order valence-electron chi connectivity index (χ1n) is 7.62. The van der Waals surface area contributed by atoms with E-state index in [9.17, 15) is 0 Å². The van der Waals surface area contributed by atoms with Crippen LogP contribution < -0.4 is 5.73 Å². The molecular weight excluding hydrogens is 320 g/mol. The molecular formula is C18H16N4OS. The molecule has 0 unspecified atom stereocenters. The van der Waals surface area contributed by atoms with Crippen LogP contribution in [0, 0.1) is 0 Å². The highest BCUT2D eigenvalue weighted by Gasteiger charge is 2.15. The third-order valence-electron chi connectivity index (χ3n) is 3.98. The van der Waals surface area contributed by atoms with E-state index in [1.165, 1.54) is 0 Å². The predicted molar refractivity (Wildman–Crippen MR) is 97.8 cm³/mol. The maximum atomic E-state index is 9.05. The highest BCUT2D eigenvalue weighted by molar-refractivity contribution is 7.18. The van der Waals surface area contributed by atoms with E-state index < -0.39 is 0 Å². The molecule has 120 valence electrons. The fourth-order valence-corrected chi connectivity index (χ4v) is 3.95. The lowest BCUT2D eigenvalue weighted by molar-refractivity contribution is 0.269. The van der Waals surface area contributed by atoms with Crippen molar-refractivity contribution >= 4 is 27.2 Å². The van der Waals surface area contributed by atoms with Crippen LogP contribution in [0.2, 0.25) is 0 Å². The first-order valence-corrected chi connectivity index (χ1v) is 8.50. The van der Waals surface area contributed by atoms with E-state index >= 15 is 0 Å². The Bertz CT molecular complexity index is 991. The number of anilines is 1. The third kappa shape index (κ3) is 2.46. The molecule has 6 heteroatoms. The van der Waals surface area contributed by atoms with Crippen LogP contribution >= 0.6 is 11.3 Å². The van der Waals surface area contributed by atoms with Crippen LogP contribution in [0.5, 0.6) is 0 Å². The summed E-state index contributed by atoms with van der Waals surface area (Å²) in [6, 6.07) is 10.2. The summed E-state index contributed by atoms with van der Waals surface area (Å²) < 4.78 is 2.83. The van der Waals surface area contributed by atoms with Crippen LogP contribution in [-0.4, -0.2) is 26.5 Å². The van der Waals surface area contributed by atoms with Gasteiger partial charge in [0.25, 0.3) is 0 Å². The highest BCUT2D eigenvalue weighted by Crippen LogP contribution is 2.41. The van der Waals surface area contributed by atoms with Gasteiger partial charge in [0.05, 0.1) is 19.3 Å². The van der Waals surface area contributed by atoms with E-state index in [4.69, 9.17) is 10.8 Å². The molecule has 5 nitrogen and oxygen atoms in total. The molecule has 3 aromatic heterocycles. The van der Waals surface area contributed by atoms with Crippen LogP contribution in [0.1, 0.15) is 0 Å². The van der Waals surface area contributed by atoms with Crippen LogP contribution in [0.15, 0.2) is 54.3 Å². The maximum Gasteiger partial charge on any atom is 0.132 e. The first kappa shape index (κ1) is 14.9. The van der Waals surface area contributed by atoms with Gasteiger partial charge in [0.1, 0.15) is 5.82 Å². The number of nitrogens with zero attached hydrogens (tertiary/aromatic N) is 3. The van der Waals surface area contributed by atoms with Gasteiger partial charge in [0.2, 0.25) is 0 Å². The van der Waals surface area contributed by atoms with Crippen molar-refractivity contribution in [2.75, 3.05) is 12.3 Å². The molecule has 0 amide bonds. The van der Waals surface area contributed by atoms with Crippen molar-refractivity contribution in [2.45, 2.75) is 6.54 Å². The Morgan fingerprint density at radius 1 is 1.08 bits per heavy atom. The van der Waals surface area contributed by atoms with Gasteiger partial charge in [-0.05, 0) is 10.9 Å². The van der Waals surface area contributed by atoms with E-state index in [-0.39, 0.29) is 6.61 Å². The van der Waals surface area contributed by atoms with Crippen LogP contribution in [0.4, 0.5) is 5.82 Å². The Hall–Kier alpha value is -2.70. The number of nitrogen functional groups attached to an aromatic ring is 1. The van der Waals surface area contributed by atoms with Crippen molar-refractivity contribution in [1.29, 1.82) is 0 Å². The van der Waals surface area contributed by atoms with Crippen molar-refractivity contribution in [3.05, 3.63) is 54.3 Å². The van der Waals surface area contributed by atoms with Crippen molar-refractivity contribution in [3.63, 3.8) is 0 Å². The number of fused-ring (bicyclic) bond motifs is 1. The summed E-state index contributed by atoms with van der Waals surface area (Å²) in [5.74, 6) is 0.539. The third-order valence-corrected chi connectivity index (χ3v) is 5.00. The number of thiophene rings is 1. The van der Waals surface area contributed by atoms with E-state index in [1.807, 2.05) is 24.4 Å². The number of aromatic nitrogens is 3. The average molecular weight is 336 g/mol. The molecule has 0 spiro atoms. The molecule has 4 aromatic rings. The number of pyridine rings is 1. The number of rotatable bonds is 4. The van der Waals surface area contributed by atoms with Gasteiger partial charge in [-0.15, -0.1) is 11.3 Å². The zero-order chi connectivity index (χ0) is 16.5. The molecule has 0 bridgehead atoms. The molecule has 0 fully saturated rings. The van der Waals surface area contributed by atoms with Crippen LogP contribution in [0.25, 0.3) is 32.3 Å². The SMILES string of the molecule is Nc1ncc(-c2cnn(CCO)c2)c2scc(-c3ccccc3)c12. The number of nitrogens with two attached hydrogens (primary N) is 1. The van der Waals surface area contributed by atoms with Gasteiger partial charge >= 0.3 is 0 Å². The second kappa shape index (κ2) is 6.07. The van der Waals surface area contributed by atoms with Gasteiger partial charge < -0.3 is 10.8 Å². The smallest absolute Gasteiger partial charge is 0.132 e. The summed E-state index contributed by atoms with van der Waals surface area (Å²) >= 11 is 1.66. The molecule has 3 N–H and O–H groups in total. The number of hydrogen-bond acceptors (Lipinski definition) is 5. The zero-order valence-electron chi connectivity index (χ0n) is 12.9. The minimum Gasteiger partial charge on any atom is -0.394 e. The molecule has 0 atom stereocenters. The summed E-state index contributed by atoms with van der Waals surface area (Å²) in [6.45, 7) is 0.541. The Kier molecular flexibility index (Phi) is 3.76. The number of aliphatic hydroxyl groups is 1. The number of benzene rings is 1. The lowest BCUT2D eigenvalue weighted by Crippen LogP contribution is -2.01. The number of aliphatic hydroxyl groups excluding tert-OH is 1. The predicted octanol–water partition coefficient (Wildman–Crippen LogP) is 3.40. The molecule has 0 radical (unpaired) electrons. The standard InChI is InChI=1S/C18H16N4OS/c19-18-16-15(12-4-2-1-3-5-12)11-24-17(16)14(9-20-18)13-8-21-22(10-13)6-7-23/h1-5,8-11,23H,6-7H2,(H2,19,20). The first-order chi connectivity index (χ1) is 11.8. The molecule has 0 aliphatic heterocycles. The summed E-state index contributed by atoms with van der Waals surface area (Å²) in [4.78, 5) is 4.40. The lowest BCUT2D eigenvalue weighted by atomic mass is 10.0. The van der Waals surface area contributed by atoms with Crippen molar-refractivity contribution in [3.8, 4) is 22.3 Å². The van der Waals surface area contributed by atoms with Crippen molar-refractivity contribution in [2.24, 2.45) is 0 Å². The zero-order valence-corrected chi connectivity index (χ0v) is 13.7. The van der Waals surface area contributed by atoms with Crippen molar-refractivity contribution < 1.29 is 5.11 Å². The Morgan fingerprint density at radius 2 is 1.92 bits per heavy atom. The molecule has 24 heavy (non-hydrogen) atoms. The lowest BCUT2D eigenvalue weighted by Gasteiger charge is -2.05. The Balaban J connectivity index is 1.89. The molecule has 0 saturated carbocycles. The molecule has 3 heterocycles. The second-order valence-corrected chi connectivity index (χ2v) is 6.37. The van der Waals surface area contributed by atoms with Crippen molar-refractivity contribution in [1.82, 2.24) is 14.8 Å². The van der Waals surface area contributed by atoms with Gasteiger partial charge in [-0.3, -0.25) is 4.68 Å². The Labute approximate surface area is 143 Å². The molecule has 4 rings (SSSR count). The second-order valence-electron chi connectivity index (χ2n) is 5.49. The maximum absolute atomic E-state index is 9.05. The fourth-order valence-electron chi connectivity index (χ4n) is 2.83. The van der Waals surface area contributed by atoms with Crippen LogP contribution in [0.3, 0.4) is 0 Å². The Morgan fingerprint density at radius 3 is 2.71 bits per heavy atom. The van der Waals surface area contributed by atoms with Gasteiger partial charge in [-0.2, -0.15) is 5.10 Å². The van der Waals surface area contributed by atoms with Gasteiger partial charge in [-0.25, -0.2) is 4.98 Å². The van der Waals surface area contributed by atoms with Gasteiger partial charge in [-0.1, -0.05) is 30.3 Å². The monoisotopic (exact) mass is 336 g/mol. The molecule has 1 aromatic carbocycles. The van der Waals surface area contributed by atoms with Crippen LogP contribution in [-0.2, 0) is 6.54 Å². The van der Waals surface area contributed by atoms with Gasteiger partial charge in [0.15, 0.2) is 0 Å². The summed E-state index contributed by atoms with van der Waals surface area (Å²) in [6.07, 6.45) is 5.51. The summed E-state index contributed by atoms with van der Waals surface area (Å²) in [5.41, 5.74) is 10.4. The minimum absolute atomic E-state index is 0.0632. The normalized spacial score (nSPS) is 11.2. The summed E-state index contributed by atoms with van der Waals surface area (Å²) in [5, 5.41) is 16.4. The van der Waals surface area contributed by atoms with E-state index in [1.54, 1.807) is 28.4 Å². The quantitative estimate of drug-likeness (QED) is 0.599.